The van der Waals surface area contributed by atoms with E-state index in [4.69, 9.17) is 10.5 Å². The zero-order valence-corrected chi connectivity index (χ0v) is 13.0. The number of rotatable bonds is 8. The molecule has 118 valence electrons. The molecule has 1 fully saturated rings. The van der Waals surface area contributed by atoms with Gasteiger partial charge in [-0.3, -0.25) is 9.89 Å². The molecule has 0 radical (unpaired) electrons. The van der Waals surface area contributed by atoms with Crippen LogP contribution < -0.4 is 11.1 Å². The van der Waals surface area contributed by atoms with E-state index in [1.807, 2.05) is 0 Å². The van der Waals surface area contributed by atoms with Gasteiger partial charge in [-0.25, -0.2) is 8.42 Å². The number of nitrogens with zero attached hydrogens (tertiary/aromatic N) is 2. The van der Waals surface area contributed by atoms with Crippen LogP contribution in [0.3, 0.4) is 0 Å². The number of morpholine rings is 1. The largest absolute Gasteiger partial charge is 0.379 e. The van der Waals surface area contributed by atoms with Gasteiger partial charge in [0.1, 0.15) is 0 Å². The zero-order valence-electron chi connectivity index (χ0n) is 12.2. The second-order valence-corrected chi connectivity index (χ2v) is 7.21. The normalized spacial score (nSPS) is 18.1. The Hall–Kier alpha value is -0.860. The fourth-order valence-electron chi connectivity index (χ4n) is 1.85. The van der Waals surface area contributed by atoms with Crippen molar-refractivity contribution < 1.29 is 13.2 Å². The van der Waals surface area contributed by atoms with Crippen molar-refractivity contribution in [2.75, 3.05) is 57.4 Å². The van der Waals surface area contributed by atoms with Gasteiger partial charge < -0.3 is 15.8 Å². The SMILES string of the molecule is CCS(=O)(=O)CCNC(N)=NCCCN1CCOCC1. The molecular formula is C12H26N4O3S. The predicted octanol–water partition coefficient (Wildman–Crippen LogP) is -0.952. The lowest BCUT2D eigenvalue weighted by Gasteiger charge is -2.26. The maximum absolute atomic E-state index is 11.3. The van der Waals surface area contributed by atoms with Crippen LogP contribution >= 0.6 is 0 Å². The maximum atomic E-state index is 11.3. The molecule has 0 aromatic carbocycles. The summed E-state index contributed by atoms with van der Waals surface area (Å²) in [5.74, 6) is 0.567. The number of ether oxygens (including phenoxy) is 1. The first kappa shape index (κ1) is 17.2. The summed E-state index contributed by atoms with van der Waals surface area (Å²) in [5, 5.41) is 2.83. The lowest BCUT2D eigenvalue weighted by molar-refractivity contribution is 0.0377. The smallest absolute Gasteiger partial charge is 0.188 e. The van der Waals surface area contributed by atoms with Crippen molar-refractivity contribution in [1.82, 2.24) is 10.2 Å². The van der Waals surface area contributed by atoms with Crippen LogP contribution in [0.4, 0.5) is 0 Å². The van der Waals surface area contributed by atoms with Gasteiger partial charge in [-0.05, 0) is 6.42 Å². The molecule has 1 saturated heterocycles. The molecule has 0 saturated carbocycles. The van der Waals surface area contributed by atoms with Gasteiger partial charge in [0.05, 0.1) is 19.0 Å². The number of nitrogens with one attached hydrogen (secondary N) is 1. The molecule has 1 aliphatic rings. The lowest BCUT2D eigenvalue weighted by atomic mass is 10.3. The average Bonchev–Trinajstić information content (AvgIpc) is 2.44. The molecule has 0 spiro atoms. The van der Waals surface area contributed by atoms with Crippen molar-refractivity contribution >= 4 is 15.8 Å². The molecule has 0 aliphatic carbocycles. The van der Waals surface area contributed by atoms with E-state index in [0.717, 1.165) is 39.3 Å². The number of hydrogen-bond acceptors (Lipinski definition) is 5. The molecule has 0 bridgehead atoms. The van der Waals surface area contributed by atoms with Gasteiger partial charge in [0, 0.05) is 38.5 Å². The molecule has 1 aliphatic heterocycles. The Kier molecular flexibility index (Phi) is 7.86. The van der Waals surface area contributed by atoms with Crippen molar-refractivity contribution in [3.05, 3.63) is 0 Å². The van der Waals surface area contributed by atoms with Crippen LogP contribution in [0.2, 0.25) is 0 Å². The molecule has 3 N–H and O–H groups in total. The highest BCUT2D eigenvalue weighted by molar-refractivity contribution is 7.91. The van der Waals surface area contributed by atoms with E-state index in [1.165, 1.54) is 0 Å². The Labute approximate surface area is 121 Å². The Bertz CT molecular complexity index is 392. The first-order valence-corrected chi connectivity index (χ1v) is 8.90. The van der Waals surface area contributed by atoms with Gasteiger partial charge in [-0.1, -0.05) is 6.92 Å². The molecule has 1 rings (SSSR count). The van der Waals surface area contributed by atoms with Gasteiger partial charge in [-0.15, -0.1) is 0 Å². The Morgan fingerprint density at radius 1 is 1.40 bits per heavy atom. The summed E-state index contributed by atoms with van der Waals surface area (Å²) in [5.41, 5.74) is 5.67. The fraction of sp³-hybridized carbons (Fsp3) is 0.917. The van der Waals surface area contributed by atoms with Crippen LogP contribution in [-0.2, 0) is 14.6 Å². The van der Waals surface area contributed by atoms with E-state index in [0.29, 0.717) is 19.0 Å². The Morgan fingerprint density at radius 2 is 2.10 bits per heavy atom. The number of aliphatic imine (C=N–C) groups is 1. The van der Waals surface area contributed by atoms with Crippen LogP contribution in [-0.4, -0.2) is 76.7 Å². The molecule has 20 heavy (non-hydrogen) atoms. The van der Waals surface area contributed by atoms with Crippen LogP contribution in [0, 0.1) is 0 Å². The molecule has 8 heteroatoms. The Morgan fingerprint density at radius 3 is 2.75 bits per heavy atom. The highest BCUT2D eigenvalue weighted by Crippen LogP contribution is 1.97. The molecule has 7 nitrogen and oxygen atoms in total. The molecular weight excluding hydrogens is 280 g/mol. The minimum atomic E-state index is -2.95. The van der Waals surface area contributed by atoms with Gasteiger partial charge in [0.15, 0.2) is 15.8 Å². The minimum Gasteiger partial charge on any atom is -0.379 e. The lowest BCUT2D eigenvalue weighted by Crippen LogP contribution is -2.37. The van der Waals surface area contributed by atoms with Crippen LogP contribution in [0.15, 0.2) is 4.99 Å². The monoisotopic (exact) mass is 306 g/mol. The van der Waals surface area contributed by atoms with E-state index >= 15 is 0 Å². The summed E-state index contributed by atoms with van der Waals surface area (Å²) in [6.45, 7) is 7.16. The third kappa shape index (κ3) is 7.66. The molecule has 0 atom stereocenters. The fourth-order valence-corrected chi connectivity index (χ4v) is 2.56. The van der Waals surface area contributed by atoms with Gasteiger partial charge in [0.2, 0.25) is 0 Å². The summed E-state index contributed by atoms with van der Waals surface area (Å²) in [6, 6.07) is 0. The number of hydrogen-bond donors (Lipinski definition) is 2. The average molecular weight is 306 g/mol. The first-order valence-electron chi connectivity index (χ1n) is 7.08. The van der Waals surface area contributed by atoms with Crippen molar-refractivity contribution in [1.29, 1.82) is 0 Å². The highest BCUT2D eigenvalue weighted by atomic mass is 32.2. The molecule has 0 aromatic rings. The number of nitrogens with two attached hydrogens (primary N) is 1. The molecule has 0 aromatic heterocycles. The zero-order chi connectivity index (χ0) is 14.8. The standard InChI is InChI=1S/C12H26N4O3S/c1-2-20(17,18)11-5-15-12(13)14-4-3-6-16-7-9-19-10-8-16/h2-11H2,1H3,(H3,13,14,15). The summed E-state index contributed by atoms with van der Waals surface area (Å²) in [4.78, 5) is 6.53. The summed E-state index contributed by atoms with van der Waals surface area (Å²) < 4.78 is 27.8. The van der Waals surface area contributed by atoms with E-state index in [-0.39, 0.29) is 11.5 Å². The maximum Gasteiger partial charge on any atom is 0.188 e. The van der Waals surface area contributed by atoms with Crippen molar-refractivity contribution in [3.8, 4) is 0 Å². The first-order chi connectivity index (χ1) is 9.53. The van der Waals surface area contributed by atoms with Crippen LogP contribution in [0.1, 0.15) is 13.3 Å². The molecule has 1 heterocycles. The summed E-state index contributed by atoms with van der Waals surface area (Å²) in [7, 11) is -2.95. The second-order valence-electron chi connectivity index (χ2n) is 4.74. The van der Waals surface area contributed by atoms with Crippen molar-refractivity contribution in [2.45, 2.75) is 13.3 Å². The number of sulfone groups is 1. The van der Waals surface area contributed by atoms with Crippen molar-refractivity contribution in [3.63, 3.8) is 0 Å². The minimum absolute atomic E-state index is 0.0908. The van der Waals surface area contributed by atoms with Crippen LogP contribution in [0.5, 0.6) is 0 Å². The van der Waals surface area contributed by atoms with Gasteiger partial charge in [-0.2, -0.15) is 0 Å². The third-order valence-electron chi connectivity index (χ3n) is 3.18. The molecule has 0 amide bonds. The second kappa shape index (κ2) is 9.15. The number of guanidine groups is 1. The van der Waals surface area contributed by atoms with E-state index in [1.54, 1.807) is 6.92 Å². The van der Waals surface area contributed by atoms with Crippen molar-refractivity contribution in [2.24, 2.45) is 10.7 Å². The quantitative estimate of drug-likeness (QED) is 0.341. The topological polar surface area (TPSA) is 97.0 Å². The molecule has 0 unspecified atom stereocenters. The Balaban J connectivity index is 2.09. The van der Waals surface area contributed by atoms with Crippen LogP contribution in [0.25, 0.3) is 0 Å². The highest BCUT2D eigenvalue weighted by Gasteiger charge is 2.09. The third-order valence-corrected chi connectivity index (χ3v) is 4.88. The summed E-state index contributed by atoms with van der Waals surface area (Å²) in [6.07, 6.45) is 0.940. The van der Waals surface area contributed by atoms with E-state index < -0.39 is 9.84 Å². The van der Waals surface area contributed by atoms with Gasteiger partial charge in [0.25, 0.3) is 0 Å². The van der Waals surface area contributed by atoms with E-state index in [2.05, 4.69) is 15.2 Å². The predicted molar refractivity (Wildman–Crippen MR) is 80.7 cm³/mol. The van der Waals surface area contributed by atoms with E-state index in [9.17, 15) is 8.42 Å². The van der Waals surface area contributed by atoms with Gasteiger partial charge >= 0.3 is 0 Å². The summed E-state index contributed by atoms with van der Waals surface area (Å²) >= 11 is 0.